The Labute approximate surface area is 66.3 Å². The van der Waals surface area contributed by atoms with Gasteiger partial charge in [0, 0.05) is 7.05 Å². The highest BCUT2D eigenvalue weighted by Crippen LogP contribution is 2.34. The molecule has 1 unspecified atom stereocenters. The Morgan fingerprint density at radius 3 is 2.27 bits per heavy atom. The molecule has 1 aromatic carbocycles. The zero-order chi connectivity index (χ0) is 7.84. The second kappa shape index (κ2) is 2.32. The summed E-state index contributed by atoms with van der Waals surface area (Å²) in [5.41, 5.74) is 2.52. The molecule has 11 heavy (non-hydrogen) atoms. The predicted molar refractivity (Wildman–Crippen MR) is 42.8 cm³/mol. The molecule has 1 fully saturated rings. The van der Waals surface area contributed by atoms with Gasteiger partial charge in [-0.05, 0) is 12.5 Å². The van der Waals surface area contributed by atoms with Gasteiger partial charge >= 0.3 is 0 Å². The van der Waals surface area contributed by atoms with Gasteiger partial charge in [-0.15, -0.1) is 0 Å². The smallest absolute Gasteiger partial charge is 0.179 e. The average Bonchev–Trinajstić information content (AvgIpc) is 2.69. The van der Waals surface area contributed by atoms with Crippen LogP contribution in [0, 0.1) is 6.92 Å². The number of benzene rings is 1. The van der Waals surface area contributed by atoms with Crippen LogP contribution in [0.15, 0.2) is 24.3 Å². The molecule has 0 amide bonds. The summed E-state index contributed by atoms with van der Waals surface area (Å²) in [5.74, 6) is 0. The highest BCUT2D eigenvalue weighted by Gasteiger charge is 2.33. The SMILES string of the molecule is Cc1ccc([C@@H]2ON2C)cc1. The van der Waals surface area contributed by atoms with Crippen LogP contribution in [-0.4, -0.2) is 12.1 Å². The lowest BCUT2D eigenvalue weighted by Crippen LogP contribution is -1.87. The van der Waals surface area contributed by atoms with Crippen molar-refractivity contribution in [2.45, 2.75) is 13.2 Å². The Kier molecular flexibility index (Phi) is 1.44. The van der Waals surface area contributed by atoms with Crippen LogP contribution in [0.5, 0.6) is 0 Å². The second-order valence-electron chi connectivity index (χ2n) is 2.91. The van der Waals surface area contributed by atoms with E-state index in [0.717, 1.165) is 0 Å². The summed E-state index contributed by atoms with van der Waals surface area (Å²) in [6.45, 7) is 2.08. The highest BCUT2D eigenvalue weighted by atomic mass is 16.8. The molecular weight excluding hydrogens is 138 g/mol. The molecule has 1 heterocycles. The monoisotopic (exact) mass is 149 g/mol. The van der Waals surface area contributed by atoms with E-state index in [1.807, 2.05) is 12.1 Å². The van der Waals surface area contributed by atoms with Crippen molar-refractivity contribution in [3.8, 4) is 0 Å². The molecular formula is C9H11NO. The summed E-state index contributed by atoms with van der Waals surface area (Å²) in [6.07, 6.45) is 0.204. The molecule has 2 heteroatoms. The van der Waals surface area contributed by atoms with E-state index in [4.69, 9.17) is 4.84 Å². The molecule has 1 aromatic rings. The molecule has 0 N–H and O–H groups in total. The minimum Gasteiger partial charge on any atom is -0.270 e. The fourth-order valence-electron chi connectivity index (χ4n) is 1.13. The molecule has 0 radical (unpaired) electrons. The Bertz CT molecular complexity index is 255. The van der Waals surface area contributed by atoms with Crippen LogP contribution in [0.4, 0.5) is 0 Å². The first-order valence-electron chi connectivity index (χ1n) is 3.73. The predicted octanol–water partition coefficient (Wildman–Crippen LogP) is 1.87. The first-order valence-corrected chi connectivity index (χ1v) is 3.73. The van der Waals surface area contributed by atoms with Crippen molar-refractivity contribution in [3.05, 3.63) is 35.4 Å². The summed E-state index contributed by atoms with van der Waals surface area (Å²) >= 11 is 0. The summed E-state index contributed by atoms with van der Waals surface area (Å²) in [4.78, 5) is 5.18. The van der Waals surface area contributed by atoms with Gasteiger partial charge in [-0.3, -0.25) is 4.84 Å². The lowest BCUT2D eigenvalue weighted by atomic mass is 10.1. The highest BCUT2D eigenvalue weighted by molar-refractivity contribution is 5.23. The van der Waals surface area contributed by atoms with Gasteiger partial charge in [-0.2, -0.15) is 5.06 Å². The molecule has 0 aromatic heterocycles. The van der Waals surface area contributed by atoms with Crippen LogP contribution in [-0.2, 0) is 4.84 Å². The fraction of sp³-hybridized carbons (Fsp3) is 0.333. The fourth-order valence-corrected chi connectivity index (χ4v) is 1.13. The Morgan fingerprint density at radius 2 is 1.82 bits per heavy atom. The van der Waals surface area contributed by atoms with E-state index in [-0.39, 0.29) is 6.23 Å². The van der Waals surface area contributed by atoms with Gasteiger partial charge in [0.15, 0.2) is 6.23 Å². The van der Waals surface area contributed by atoms with Crippen LogP contribution < -0.4 is 0 Å². The number of rotatable bonds is 1. The summed E-state index contributed by atoms with van der Waals surface area (Å²) in [7, 11) is 1.94. The van der Waals surface area contributed by atoms with Crippen LogP contribution in [0.3, 0.4) is 0 Å². The molecule has 0 saturated carbocycles. The number of hydrogen-bond acceptors (Lipinski definition) is 2. The van der Waals surface area contributed by atoms with Gasteiger partial charge in [-0.1, -0.05) is 29.8 Å². The summed E-state index contributed by atoms with van der Waals surface area (Å²) in [6, 6.07) is 8.41. The van der Waals surface area contributed by atoms with Crippen molar-refractivity contribution >= 4 is 0 Å². The van der Waals surface area contributed by atoms with Crippen molar-refractivity contribution in [3.63, 3.8) is 0 Å². The van der Waals surface area contributed by atoms with Crippen LogP contribution in [0.25, 0.3) is 0 Å². The van der Waals surface area contributed by atoms with Gasteiger partial charge in [0.05, 0.1) is 0 Å². The van der Waals surface area contributed by atoms with Crippen LogP contribution >= 0.6 is 0 Å². The standard InChI is InChI=1S/C9H11NO/c1-7-3-5-8(6-4-7)9-10(2)11-9/h3-6,9H,1-2H3/t9-,10?/m0/s1. The lowest BCUT2D eigenvalue weighted by molar-refractivity contribution is 0.233. The zero-order valence-corrected chi connectivity index (χ0v) is 6.74. The normalized spacial score (nSPS) is 28.5. The first-order chi connectivity index (χ1) is 5.27. The third-order valence-corrected chi connectivity index (χ3v) is 1.91. The van der Waals surface area contributed by atoms with Crippen LogP contribution in [0.2, 0.25) is 0 Å². The van der Waals surface area contributed by atoms with E-state index in [0.29, 0.717) is 0 Å². The van der Waals surface area contributed by atoms with Crippen molar-refractivity contribution in [2.24, 2.45) is 0 Å². The Hall–Kier alpha value is -0.860. The maximum Gasteiger partial charge on any atom is 0.179 e. The molecule has 1 aliphatic rings. The molecule has 1 saturated heterocycles. The first kappa shape index (κ1) is 6.83. The van der Waals surface area contributed by atoms with E-state index < -0.39 is 0 Å². The molecule has 0 aliphatic carbocycles. The number of nitrogens with zero attached hydrogens (tertiary/aromatic N) is 1. The minimum absolute atomic E-state index is 0.204. The van der Waals surface area contributed by atoms with Gasteiger partial charge < -0.3 is 0 Å². The minimum atomic E-state index is 0.204. The molecule has 0 spiro atoms. The molecule has 58 valence electrons. The topological polar surface area (TPSA) is 15.5 Å². The van der Waals surface area contributed by atoms with Gasteiger partial charge in [-0.25, -0.2) is 0 Å². The summed E-state index contributed by atoms with van der Waals surface area (Å²) < 4.78 is 0. The number of hydrogen-bond donors (Lipinski definition) is 0. The van der Waals surface area contributed by atoms with Gasteiger partial charge in [0.25, 0.3) is 0 Å². The maximum atomic E-state index is 5.18. The number of hydroxylamine groups is 2. The third-order valence-electron chi connectivity index (χ3n) is 1.91. The Morgan fingerprint density at radius 1 is 1.27 bits per heavy atom. The van der Waals surface area contributed by atoms with Crippen LogP contribution in [0.1, 0.15) is 17.4 Å². The van der Waals surface area contributed by atoms with E-state index in [9.17, 15) is 0 Å². The Balaban J connectivity index is 2.21. The number of aryl methyl sites for hydroxylation is 1. The van der Waals surface area contributed by atoms with Gasteiger partial charge in [0.1, 0.15) is 0 Å². The van der Waals surface area contributed by atoms with E-state index in [1.165, 1.54) is 11.1 Å². The average molecular weight is 149 g/mol. The van der Waals surface area contributed by atoms with E-state index in [2.05, 4.69) is 31.2 Å². The van der Waals surface area contributed by atoms with Crippen molar-refractivity contribution in [1.82, 2.24) is 5.06 Å². The molecule has 2 nitrogen and oxygen atoms in total. The van der Waals surface area contributed by atoms with Crippen molar-refractivity contribution in [2.75, 3.05) is 7.05 Å². The summed E-state index contributed by atoms with van der Waals surface area (Å²) in [5, 5.41) is 1.84. The molecule has 0 bridgehead atoms. The lowest BCUT2D eigenvalue weighted by Gasteiger charge is -1.94. The van der Waals surface area contributed by atoms with Gasteiger partial charge in [0.2, 0.25) is 0 Å². The van der Waals surface area contributed by atoms with E-state index in [1.54, 1.807) is 0 Å². The van der Waals surface area contributed by atoms with Crippen molar-refractivity contribution in [1.29, 1.82) is 0 Å². The molecule has 2 atom stereocenters. The van der Waals surface area contributed by atoms with Crippen molar-refractivity contribution < 1.29 is 4.84 Å². The van der Waals surface area contributed by atoms with E-state index >= 15 is 0 Å². The quantitative estimate of drug-likeness (QED) is 0.566. The molecule has 2 rings (SSSR count). The maximum absolute atomic E-state index is 5.18. The largest absolute Gasteiger partial charge is 0.270 e. The molecule has 1 aliphatic heterocycles. The zero-order valence-electron chi connectivity index (χ0n) is 6.74. The second-order valence-corrected chi connectivity index (χ2v) is 2.91. The third kappa shape index (κ3) is 1.27.